The molecule has 4 aromatic rings. The molecule has 34 heavy (non-hydrogen) atoms. The van der Waals surface area contributed by atoms with Crippen molar-refractivity contribution in [2.24, 2.45) is 5.10 Å². The molecular weight excluding hydrogens is 470 g/mol. The fraction of sp³-hybridized carbons (Fsp3) is 0.120. The quantitative estimate of drug-likeness (QED) is 0.209. The maximum absolute atomic E-state index is 12.4. The van der Waals surface area contributed by atoms with Gasteiger partial charge in [-0.2, -0.15) is 5.10 Å². The monoisotopic (exact) mass is 491 g/mol. The lowest BCUT2D eigenvalue weighted by atomic mass is 10.1. The molecule has 0 saturated heterocycles. The van der Waals surface area contributed by atoms with E-state index in [-0.39, 0.29) is 11.7 Å². The van der Waals surface area contributed by atoms with Crippen molar-refractivity contribution in [1.82, 2.24) is 20.2 Å². The van der Waals surface area contributed by atoms with Gasteiger partial charge in [-0.3, -0.25) is 9.36 Å². The molecule has 0 radical (unpaired) electrons. The average Bonchev–Trinajstić information content (AvgIpc) is 3.28. The smallest absolute Gasteiger partial charge is 0.250 e. The second-order valence-electron chi connectivity index (χ2n) is 7.34. The van der Waals surface area contributed by atoms with Crippen LogP contribution in [0.2, 0.25) is 5.02 Å². The van der Waals surface area contributed by atoms with Gasteiger partial charge < -0.3 is 4.74 Å². The minimum Gasteiger partial charge on any atom is -0.497 e. The number of amides is 1. The van der Waals surface area contributed by atoms with Crippen molar-refractivity contribution in [2.45, 2.75) is 12.1 Å². The highest BCUT2D eigenvalue weighted by Gasteiger charge is 2.17. The number of carbonyl (C=O) groups is 1. The molecule has 3 aromatic carbocycles. The number of aryl methyl sites for hydroxylation is 1. The van der Waals surface area contributed by atoms with Crippen molar-refractivity contribution in [3.63, 3.8) is 0 Å². The van der Waals surface area contributed by atoms with Crippen LogP contribution in [0.3, 0.4) is 0 Å². The average molecular weight is 492 g/mol. The van der Waals surface area contributed by atoms with E-state index < -0.39 is 0 Å². The number of hydrazone groups is 1. The number of methoxy groups -OCH3 is 1. The van der Waals surface area contributed by atoms with Crippen LogP contribution in [0, 0.1) is 6.92 Å². The molecule has 0 aliphatic carbocycles. The first kappa shape index (κ1) is 23.5. The summed E-state index contributed by atoms with van der Waals surface area (Å²) in [4.78, 5) is 12.4. The summed E-state index contributed by atoms with van der Waals surface area (Å²) in [5, 5.41) is 14.0. The molecule has 1 heterocycles. The normalized spacial score (nSPS) is 11.0. The summed E-state index contributed by atoms with van der Waals surface area (Å²) >= 11 is 7.36. The Balaban J connectivity index is 1.50. The summed E-state index contributed by atoms with van der Waals surface area (Å²) in [6, 6.07) is 22.8. The van der Waals surface area contributed by atoms with Crippen molar-refractivity contribution in [3.8, 4) is 22.8 Å². The number of hydrogen-bond acceptors (Lipinski definition) is 6. The van der Waals surface area contributed by atoms with Gasteiger partial charge in [0.15, 0.2) is 11.0 Å². The Morgan fingerprint density at radius 3 is 2.62 bits per heavy atom. The first-order chi connectivity index (χ1) is 16.5. The summed E-state index contributed by atoms with van der Waals surface area (Å²) in [7, 11) is 1.60. The molecule has 0 aliphatic rings. The van der Waals surface area contributed by atoms with Crippen molar-refractivity contribution in [3.05, 3.63) is 88.9 Å². The van der Waals surface area contributed by atoms with Crippen LogP contribution in [-0.2, 0) is 4.79 Å². The van der Waals surface area contributed by atoms with Gasteiger partial charge in [-0.1, -0.05) is 65.3 Å². The Labute approximate surface area is 206 Å². The van der Waals surface area contributed by atoms with E-state index in [2.05, 4.69) is 20.7 Å². The molecule has 0 fully saturated rings. The predicted octanol–water partition coefficient (Wildman–Crippen LogP) is 5.15. The van der Waals surface area contributed by atoms with Crippen LogP contribution >= 0.6 is 23.4 Å². The van der Waals surface area contributed by atoms with Crippen LogP contribution in [-0.4, -0.2) is 39.7 Å². The molecule has 1 N–H and O–H groups in total. The third-order valence-electron chi connectivity index (χ3n) is 4.86. The number of aromatic nitrogens is 3. The Morgan fingerprint density at radius 1 is 1.12 bits per heavy atom. The van der Waals surface area contributed by atoms with E-state index in [1.165, 1.54) is 11.8 Å². The zero-order valence-corrected chi connectivity index (χ0v) is 20.2. The van der Waals surface area contributed by atoms with E-state index in [1.807, 2.05) is 84.3 Å². The van der Waals surface area contributed by atoms with Crippen LogP contribution in [0.1, 0.15) is 11.1 Å². The first-order valence-corrected chi connectivity index (χ1v) is 11.8. The Kier molecular flexibility index (Phi) is 7.61. The number of hydrogen-bond donors (Lipinski definition) is 1. The summed E-state index contributed by atoms with van der Waals surface area (Å²) in [5.74, 6) is 1.26. The van der Waals surface area contributed by atoms with E-state index in [1.54, 1.807) is 13.3 Å². The fourth-order valence-electron chi connectivity index (χ4n) is 3.14. The molecule has 0 spiro atoms. The number of thioether (sulfide) groups is 1. The van der Waals surface area contributed by atoms with Gasteiger partial charge in [0.2, 0.25) is 0 Å². The number of carbonyl (C=O) groups excluding carboxylic acids is 1. The van der Waals surface area contributed by atoms with Gasteiger partial charge in [0.05, 0.1) is 19.1 Å². The molecule has 0 saturated carbocycles. The Hall–Kier alpha value is -3.62. The number of benzene rings is 3. The van der Waals surface area contributed by atoms with Gasteiger partial charge in [0.25, 0.3) is 5.91 Å². The van der Waals surface area contributed by atoms with Gasteiger partial charge in [0.1, 0.15) is 5.75 Å². The van der Waals surface area contributed by atoms with E-state index in [9.17, 15) is 4.79 Å². The number of nitrogens with one attached hydrogen (secondary N) is 1. The van der Waals surface area contributed by atoms with Crippen LogP contribution in [0.4, 0.5) is 0 Å². The zero-order chi connectivity index (χ0) is 23.9. The lowest BCUT2D eigenvalue weighted by Crippen LogP contribution is -2.20. The Morgan fingerprint density at radius 2 is 1.88 bits per heavy atom. The van der Waals surface area contributed by atoms with Crippen LogP contribution in [0.5, 0.6) is 5.75 Å². The van der Waals surface area contributed by atoms with Crippen molar-refractivity contribution in [2.75, 3.05) is 12.9 Å². The first-order valence-electron chi connectivity index (χ1n) is 10.4. The third kappa shape index (κ3) is 5.84. The largest absolute Gasteiger partial charge is 0.497 e. The predicted molar refractivity (Wildman–Crippen MR) is 136 cm³/mol. The molecule has 0 aliphatic heterocycles. The number of rotatable bonds is 8. The molecule has 0 atom stereocenters. The number of nitrogens with zero attached hydrogens (tertiary/aromatic N) is 4. The summed E-state index contributed by atoms with van der Waals surface area (Å²) in [6.45, 7) is 2.03. The van der Waals surface area contributed by atoms with Gasteiger partial charge in [-0.25, -0.2) is 5.43 Å². The molecule has 0 unspecified atom stereocenters. The molecule has 1 amide bonds. The molecular formula is C25H22ClN5O2S. The molecule has 0 bridgehead atoms. The lowest BCUT2D eigenvalue weighted by Gasteiger charge is -2.10. The fourth-order valence-corrected chi connectivity index (χ4v) is 4.01. The summed E-state index contributed by atoms with van der Waals surface area (Å²) < 4.78 is 7.10. The standard InChI is InChI=1S/C25H22ClN5O2S/c1-17-6-8-19(9-7-17)24-29-30-25(31(24)21-12-10-20(26)11-13-21)34-16-23(32)28-27-15-18-4-3-5-22(14-18)33-2/h3-15H,16H2,1-2H3,(H,28,32). The number of halogens is 1. The zero-order valence-electron chi connectivity index (χ0n) is 18.6. The van der Waals surface area contributed by atoms with Crippen LogP contribution in [0.15, 0.2) is 83.1 Å². The highest BCUT2D eigenvalue weighted by Crippen LogP contribution is 2.28. The summed E-state index contributed by atoms with van der Waals surface area (Å²) in [6.07, 6.45) is 1.57. The van der Waals surface area contributed by atoms with E-state index in [0.29, 0.717) is 16.0 Å². The number of ether oxygens (including phenoxy) is 1. The van der Waals surface area contributed by atoms with Crippen LogP contribution < -0.4 is 10.2 Å². The molecule has 172 valence electrons. The van der Waals surface area contributed by atoms with Gasteiger partial charge in [-0.15, -0.1) is 10.2 Å². The highest BCUT2D eigenvalue weighted by molar-refractivity contribution is 7.99. The lowest BCUT2D eigenvalue weighted by molar-refractivity contribution is -0.118. The third-order valence-corrected chi connectivity index (χ3v) is 6.04. The van der Waals surface area contributed by atoms with Crippen molar-refractivity contribution >= 4 is 35.5 Å². The van der Waals surface area contributed by atoms with Gasteiger partial charge in [-0.05, 0) is 48.9 Å². The summed E-state index contributed by atoms with van der Waals surface area (Å²) in [5.41, 5.74) is 6.29. The SMILES string of the molecule is COc1cccc(C=NNC(=O)CSc2nnc(-c3ccc(C)cc3)n2-c2ccc(Cl)cc2)c1. The van der Waals surface area contributed by atoms with Gasteiger partial charge in [0, 0.05) is 16.3 Å². The van der Waals surface area contributed by atoms with Gasteiger partial charge >= 0.3 is 0 Å². The minimum atomic E-state index is -0.258. The van der Waals surface area contributed by atoms with E-state index in [0.717, 1.165) is 28.1 Å². The maximum atomic E-state index is 12.4. The van der Waals surface area contributed by atoms with E-state index >= 15 is 0 Å². The van der Waals surface area contributed by atoms with E-state index in [4.69, 9.17) is 16.3 Å². The van der Waals surface area contributed by atoms with Crippen LogP contribution in [0.25, 0.3) is 17.1 Å². The Bertz CT molecular complexity index is 1300. The topological polar surface area (TPSA) is 81.4 Å². The molecule has 4 rings (SSSR count). The van der Waals surface area contributed by atoms with Crippen molar-refractivity contribution < 1.29 is 9.53 Å². The van der Waals surface area contributed by atoms with Crippen molar-refractivity contribution in [1.29, 1.82) is 0 Å². The molecule has 1 aromatic heterocycles. The molecule has 9 heteroatoms. The minimum absolute atomic E-state index is 0.120. The second-order valence-corrected chi connectivity index (χ2v) is 8.72. The second kappa shape index (κ2) is 11.0. The highest BCUT2D eigenvalue weighted by atomic mass is 35.5. The molecule has 7 nitrogen and oxygen atoms in total. The maximum Gasteiger partial charge on any atom is 0.250 e.